The van der Waals surface area contributed by atoms with Gasteiger partial charge in [-0.1, -0.05) is 54.2 Å². The van der Waals surface area contributed by atoms with Gasteiger partial charge >= 0.3 is 0 Å². The van der Waals surface area contributed by atoms with E-state index < -0.39 is 5.82 Å². The van der Waals surface area contributed by atoms with Gasteiger partial charge in [0.05, 0.1) is 16.6 Å². The zero-order chi connectivity index (χ0) is 16.4. The first-order chi connectivity index (χ1) is 11.1. The van der Waals surface area contributed by atoms with Crippen molar-refractivity contribution in [1.82, 2.24) is 9.55 Å². The van der Waals surface area contributed by atoms with Crippen LogP contribution in [0.5, 0.6) is 0 Å². The number of rotatable bonds is 4. The summed E-state index contributed by atoms with van der Waals surface area (Å²) in [7, 11) is 0. The SMILES string of the molecule is C=C(Cl)CSc1nc2ccccc2c(=O)n1-c1ccccc1F. The molecule has 0 amide bonds. The van der Waals surface area contributed by atoms with Gasteiger partial charge in [-0.25, -0.2) is 9.37 Å². The Morgan fingerprint density at radius 1 is 1.22 bits per heavy atom. The lowest BCUT2D eigenvalue weighted by molar-refractivity contribution is 0.608. The molecule has 3 nitrogen and oxygen atoms in total. The minimum atomic E-state index is -0.488. The molecule has 1 aromatic heterocycles. The van der Waals surface area contributed by atoms with E-state index in [1.807, 2.05) is 0 Å². The average Bonchev–Trinajstić information content (AvgIpc) is 2.54. The van der Waals surface area contributed by atoms with Crippen molar-refractivity contribution in [3.8, 4) is 5.69 Å². The molecule has 1 heterocycles. The van der Waals surface area contributed by atoms with Crippen molar-refractivity contribution >= 4 is 34.3 Å². The molecule has 0 aliphatic heterocycles. The van der Waals surface area contributed by atoms with Crippen molar-refractivity contribution in [1.29, 1.82) is 0 Å². The first kappa shape index (κ1) is 15.8. The molecule has 6 heteroatoms. The second-order valence-electron chi connectivity index (χ2n) is 4.81. The Bertz CT molecular complexity index is 955. The number of benzene rings is 2. The molecule has 0 unspecified atom stereocenters. The summed E-state index contributed by atoms with van der Waals surface area (Å²) in [5.74, 6) is -0.112. The van der Waals surface area contributed by atoms with Crippen LogP contribution in [0.25, 0.3) is 16.6 Å². The van der Waals surface area contributed by atoms with E-state index >= 15 is 0 Å². The molecule has 0 saturated heterocycles. The molecule has 2 aromatic carbocycles. The van der Waals surface area contributed by atoms with E-state index in [2.05, 4.69) is 11.6 Å². The molecule has 23 heavy (non-hydrogen) atoms. The Morgan fingerprint density at radius 2 is 1.91 bits per heavy atom. The largest absolute Gasteiger partial charge is 0.268 e. The molecule has 116 valence electrons. The second kappa shape index (κ2) is 6.56. The number of fused-ring (bicyclic) bond motifs is 1. The first-order valence-corrected chi connectivity index (χ1v) is 8.17. The number of hydrogen-bond acceptors (Lipinski definition) is 3. The minimum Gasteiger partial charge on any atom is -0.268 e. The molecule has 0 fully saturated rings. The molecular weight excluding hydrogens is 335 g/mol. The number of para-hydroxylation sites is 2. The Labute approximate surface area is 141 Å². The second-order valence-corrected chi connectivity index (χ2v) is 6.29. The van der Waals surface area contributed by atoms with Gasteiger partial charge in [0.1, 0.15) is 5.82 Å². The van der Waals surface area contributed by atoms with Crippen molar-refractivity contribution in [3.63, 3.8) is 0 Å². The smallest absolute Gasteiger partial charge is 0.266 e. The molecule has 0 radical (unpaired) electrons. The van der Waals surface area contributed by atoms with E-state index in [1.54, 1.807) is 42.5 Å². The van der Waals surface area contributed by atoms with E-state index in [9.17, 15) is 9.18 Å². The molecule has 0 N–H and O–H groups in total. The number of nitrogens with zero attached hydrogens (tertiary/aromatic N) is 2. The van der Waals surface area contributed by atoms with Crippen LogP contribution >= 0.6 is 23.4 Å². The van der Waals surface area contributed by atoms with Gasteiger partial charge in [0, 0.05) is 10.8 Å². The van der Waals surface area contributed by atoms with Gasteiger partial charge in [-0.2, -0.15) is 0 Å². The van der Waals surface area contributed by atoms with Crippen molar-refractivity contribution in [2.24, 2.45) is 0 Å². The van der Waals surface area contributed by atoms with Crippen LogP contribution in [-0.2, 0) is 0 Å². The van der Waals surface area contributed by atoms with Gasteiger partial charge in [-0.3, -0.25) is 9.36 Å². The molecule has 0 aliphatic carbocycles. The van der Waals surface area contributed by atoms with Gasteiger partial charge in [0.15, 0.2) is 5.16 Å². The van der Waals surface area contributed by atoms with Crippen LogP contribution in [0.2, 0.25) is 0 Å². The van der Waals surface area contributed by atoms with Crippen LogP contribution in [0.4, 0.5) is 4.39 Å². The maximum absolute atomic E-state index is 14.2. The fourth-order valence-corrected chi connectivity index (χ4v) is 3.12. The fourth-order valence-electron chi connectivity index (χ4n) is 2.20. The molecule has 0 saturated carbocycles. The van der Waals surface area contributed by atoms with E-state index in [1.165, 1.54) is 22.4 Å². The van der Waals surface area contributed by atoms with Crippen LogP contribution in [0, 0.1) is 5.82 Å². The summed E-state index contributed by atoms with van der Waals surface area (Å²) in [5, 5.41) is 1.24. The van der Waals surface area contributed by atoms with Crippen LogP contribution in [0.1, 0.15) is 0 Å². The highest BCUT2D eigenvalue weighted by Gasteiger charge is 2.15. The first-order valence-electron chi connectivity index (χ1n) is 6.80. The summed E-state index contributed by atoms with van der Waals surface area (Å²) in [4.78, 5) is 17.3. The van der Waals surface area contributed by atoms with E-state index in [0.29, 0.717) is 26.8 Å². The monoisotopic (exact) mass is 346 g/mol. The molecule has 0 atom stereocenters. The number of thioether (sulfide) groups is 1. The van der Waals surface area contributed by atoms with Gasteiger partial charge in [-0.05, 0) is 24.3 Å². The zero-order valence-electron chi connectivity index (χ0n) is 12.0. The lowest BCUT2D eigenvalue weighted by Gasteiger charge is -2.13. The van der Waals surface area contributed by atoms with Gasteiger partial charge in [0.25, 0.3) is 5.56 Å². The predicted octanol–water partition coefficient (Wildman–Crippen LogP) is 4.37. The Morgan fingerprint density at radius 3 is 2.65 bits per heavy atom. The highest BCUT2D eigenvalue weighted by atomic mass is 35.5. The maximum atomic E-state index is 14.2. The van der Waals surface area contributed by atoms with E-state index in [0.717, 1.165) is 0 Å². The molecule has 0 bridgehead atoms. The summed E-state index contributed by atoms with van der Waals surface area (Å²) in [5.41, 5.74) is 0.412. The fraction of sp³-hybridized carbons (Fsp3) is 0.0588. The highest BCUT2D eigenvalue weighted by molar-refractivity contribution is 7.99. The van der Waals surface area contributed by atoms with Crippen LogP contribution in [0.15, 0.2) is 70.1 Å². The molecule has 3 aromatic rings. The third kappa shape index (κ3) is 3.16. The highest BCUT2D eigenvalue weighted by Crippen LogP contribution is 2.24. The van der Waals surface area contributed by atoms with Crippen molar-refractivity contribution in [2.75, 3.05) is 5.75 Å². The number of hydrogen-bond donors (Lipinski definition) is 0. The minimum absolute atomic E-state index is 0.165. The zero-order valence-corrected chi connectivity index (χ0v) is 13.6. The van der Waals surface area contributed by atoms with Crippen molar-refractivity contribution in [2.45, 2.75) is 5.16 Å². The van der Waals surface area contributed by atoms with Gasteiger partial charge in [0.2, 0.25) is 0 Å². The normalized spacial score (nSPS) is 10.9. The lowest BCUT2D eigenvalue weighted by Crippen LogP contribution is -2.22. The van der Waals surface area contributed by atoms with Crippen molar-refractivity contribution in [3.05, 3.63) is 76.3 Å². The Kier molecular flexibility index (Phi) is 4.50. The predicted molar refractivity (Wildman–Crippen MR) is 93.0 cm³/mol. The number of halogens is 2. The number of aromatic nitrogens is 2. The summed E-state index contributed by atoms with van der Waals surface area (Å²) in [6, 6.07) is 13.1. The summed E-state index contributed by atoms with van der Waals surface area (Å²) < 4.78 is 15.5. The standard InChI is InChI=1S/C17H12ClFN2OS/c1-11(18)10-23-17-20-14-8-4-2-6-12(14)16(22)21(17)15-9-5-3-7-13(15)19/h2-9H,1,10H2. The van der Waals surface area contributed by atoms with Gasteiger partial charge < -0.3 is 0 Å². The Balaban J connectivity index is 2.30. The third-order valence-corrected chi connectivity index (χ3v) is 4.51. The van der Waals surface area contributed by atoms with Crippen LogP contribution in [0.3, 0.4) is 0 Å². The topological polar surface area (TPSA) is 34.9 Å². The van der Waals surface area contributed by atoms with E-state index in [4.69, 9.17) is 11.6 Å². The maximum Gasteiger partial charge on any atom is 0.266 e. The molecule has 0 aliphatic rings. The lowest BCUT2D eigenvalue weighted by atomic mass is 10.2. The third-order valence-electron chi connectivity index (χ3n) is 3.20. The van der Waals surface area contributed by atoms with E-state index in [-0.39, 0.29) is 11.2 Å². The summed E-state index contributed by atoms with van der Waals surface area (Å²) in [6.45, 7) is 3.63. The van der Waals surface area contributed by atoms with Crippen molar-refractivity contribution < 1.29 is 4.39 Å². The molecule has 0 spiro atoms. The average molecular weight is 347 g/mol. The quantitative estimate of drug-likeness (QED) is 0.519. The van der Waals surface area contributed by atoms with Crippen LogP contribution < -0.4 is 5.56 Å². The summed E-state index contributed by atoms with van der Waals surface area (Å²) >= 11 is 7.05. The Hall–Kier alpha value is -2.11. The summed E-state index contributed by atoms with van der Waals surface area (Å²) in [6.07, 6.45) is 0. The van der Waals surface area contributed by atoms with Crippen LogP contribution in [-0.4, -0.2) is 15.3 Å². The molecular formula is C17H12ClFN2OS. The molecule has 3 rings (SSSR count). The van der Waals surface area contributed by atoms with Gasteiger partial charge in [-0.15, -0.1) is 0 Å².